The molecule has 0 fully saturated rings. The molecule has 0 rings (SSSR count). The summed E-state index contributed by atoms with van der Waals surface area (Å²) in [5, 5.41) is 5.79. The largest absolute Gasteiger partial charge is 2.00 e. The molecule has 17 heavy (non-hydrogen) atoms. The van der Waals surface area contributed by atoms with Crippen molar-refractivity contribution in [2.75, 3.05) is 13.1 Å². The van der Waals surface area contributed by atoms with Gasteiger partial charge in [0.2, 0.25) is 0 Å². The monoisotopic (exact) mass is 352 g/mol. The fraction of sp³-hybridized carbons (Fsp3) is 0.800. The summed E-state index contributed by atoms with van der Waals surface area (Å²) in [5.41, 5.74) is 0. The smallest absolute Gasteiger partial charge is 0.412 e. The van der Waals surface area contributed by atoms with Crippen molar-refractivity contribution in [2.45, 2.75) is 39.5 Å². The Morgan fingerprint density at radius 1 is 0.882 bits per heavy atom. The van der Waals surface area contributed by atoms with Gasteiger partial charge in [-0.05, 0) is 12.8 Å². The van der Waals surface area contributed by atoms with Gasteiger partial charge in [0.1, 0.15) is 0 Å². The molecule has 0 aromatic carbocycles. The maximum absolute atomic E-state index is 4.61. The minimum absolute atomic E-state index is 0. The van der Waals surface area contributed by atoms with Crippen LogP contribution in [0.1, 0.15) is 39.5 Å². The molecule has 0 aliphatic heterocycles. The van der Waals surface area contributed by atoms with E-state index in [0.29, 0.717) is 8.64 Å². The first-order valence-corrected chi connectivity index (χ1v) is 7.07. The molecule has 0 atom stereocenters. The normalized spacial score (nSPS) is 8.12. The maximum atomic E-state index is 4.61. The fourth-order valence-corrected chi connectivity index (χ4v) is 1.14. The number of unbranched alkanes of at least 4 members (excludes halogenated alkanes) is 2. The first-order valence-electron chi connectivity index (χ1n) is 5.44. The molecule has 0 radical (unpaired) electrons. The number of rotatable bonds is 6. The Kier molecular flexibility index (Phi) is 25.7. The van der Waals surface area contributed by atoms with Crippen molar-refractivity contribution in [1.82, 2.24) is 10.6 Å². The quantitative estimate of drug-likeness (QED) is 0.330. The SMILES string of the molecule is CCCCNC(=S)[S-].CCCCNC(=S)[S-].[Fe+2]. The van der Waals surface area contributed by atoms with Crippen molar-refractivity contribution in [3.8, 4) is 0 Å². The number of thiocarbonyl (C=S) groups is 2. The topological polar surface area (TPSA) is 24.1 Å². The van der Waals surface area contributed by atoms with Crippen LogP contribution in [-0.2, 0) is 42.3 Å². The molecule has 0 aromatic rings. The van der Waals surface area contributed by atoms with Crippen molar-refractivity contribution in [3.05, 3.63) is 0 Å². The van der Waals surface area contributed by atoms with Crippen molar-refractivity contribution in [2.24, 2.45) is 0 Å². The van der Waals surface area contributed by atoms with Gasteiger partial charge in [0.15, 0.2) is 0 Å². The van der Waals surface area contributed by atoms with E-state index in [1.54, 1.807) is 0 Å². The van der Waals surface area contributed by atoms with E-state index in [9.17, 15) is 0 Å². The van der Waals surface area contributed by atoms with Gasteiger partial charge in [-0.25, -0.2) is 0 Å². The molecule has 0 aliphatic rings. The van der Waals surface area contributed by atoms with E-state index in [2.05, 4.69) is 74.2 Å². The second-order valence-electron chi connectivity index (χ2n) is 3.14. The minimum atomic E-state index is 0. The van der Waals surface area contributed by atoms with Gasteiger partial charge in [-0.15, -0.1) is 0 Å². The van der Waals surface area contributed by atoms with Crippen molar-refractivity contribution in [1.29, 1.82) is 0 Å². The summed E-state index contributed by atoms with van der Waals surface area (Å²) in [4.78, 5) is 0. The average Bonchev–Trinajstić information content (AvgIpc) is 2.18. The van der Waals surface area contributed by atoms with Crippen molar-refractivity contribution in [3.63, 3.8) is 0 Å². The maximum Gasteiger partial charge on any atom is 2.00 e. The number of hydrogen-bond donors (Lipinski definition) is 2. The van der Waals surface area contributed by atoms with Crippen LogP contribution in [0.15, 0.2) is 0 Å². The first kappa shape index (κ1) is 22.9. The molecule has 0 aromatic heterocycles. The number of hydrogen-bond acceptors (Lipinski definition) is 4. The van der Waals surface area contributed by atoms with E-state index in [0.717, 1.165) is 25.9 Å². The molecule has 0 saturated carbocycles. The van der Waals surface area contributed by atoms with E-state index < -0.39 is 0 Å². The Labute approximate surface area is 138 Å². The predicted molar refractivity (Wildman–Crippen MR) is 85.7 cm³/mol. The van der Waals surface area contributed by atoms with Crippen LogP contribution in [0.4, 0.5) is 0 Å². The zero-order valence-electron chi connectivity index (χ0n) is 10.2. The van der Waals surface area contributed by atoms with Crippen LogP contribution in [0.25, 0.3) is 0 Å². The Balaban J connectivity index is -0.000000218. The molecule has 0 heterocycles. The summed E-state index contributed by atoms with van der Waals surface area (Å²) in [6.45, 7) is 6.12. The van der Waals surface area contributed by atoms with Gasteiger partial charge in [0.05, 0.1) is 0 Å². The van der Waals surface area contributed by atoms with Gasteiger partial charge < -0.3 is 60.3 Å². The van der Waals surface area contributed by atoms with Crippen LogP contribution in [0.5, 0.6) is 0 Å². The molecule has 0 amide bonds. The summed E-state index contributed by atoms with van der Waals surface area (Å²) in [6.07, 6.45) is 4.67. The van der Waals surface area contributed by atoms with E-state index >= 15 is 0 Å². The third-order valence-corrected chi connectivity index (χ3v) is 2.18. The molecule has 0 spiro atoms. The molecular weight excluding hydrogens is 332 g/mol. The van der Waals surface area contributed by atoms with Crippen molar-refractivity contribution < 1.29 is 17.1 Å². The zero-order chi connectivity index (χ0) is 12.8. The predicted octanol–water partition coefficient (Wildman–Crippen LogP) is 2.41. The van der Waals surface area contributed by atoms with Gasteiger partial charge in [-0.3, -0.25) is 0 Å². The standard InChI is InChI=1S/2C5H11NS2.Fe/c2*1-2-3-4-6-5(7)8;/h2*2-4H2,1H3,(H2,6,7,8);/q;;+2/p-2. The first-order chi connectivity index (χ1) is 7.54. The van der Waals surface area contributed by atoms with Crippen LogP contribution < -0.4 is 10.6 Å². The second kappa shape index (κ2) is 19.1. The van der Waals surface area contributed by atoms with E-state index in [1.807, 2.05) is 0 Å². The minimum Gasteiger partial charge on any atom is -0.412 e. The molecular formula is C10H20FeN2S4. The van der Waals surface area contributed by atoms with Crippen LogP contribution >= 0.6 is 24.4 Å². The van der Waals surface area contributed by atoms with E-state index in [-0.39, 0.29) is 17.1 Å². The summed E-state index contributed by atoms with van der Waals surface area (Å²) in [6, 6.07) is 0. The second-order valence-corrected chi connectivity index (χ2v) is 5.29. The summed E-state index contributed by atoms with van der Waals surface area (Å²) in [5.74, 6) is 0. The van der Waals surface area contributed by atoms with Gasteiger partial charge in [-0.1, -0.05) is 35.3 Å². The third-order valence-electron chi connectivity index (χ3n) is 1.60. The Bertz CT molecular complexity index is 171. The molecule has 0 unspecified atom stereocenters. The van der Waals surface area contributed by atoms with Gasteiger partial charge in [0.25, 0.3) is 0 Å². The molecule has 0 aliphatic carbocycles. The summed E-state index contributed by atoms with van der Waals surface area (Å²) >= 11 is 18.5. The van der Waals surface area contributed by atoms with Crippen LogP contribution in [0.2, 0.25) is 0 Å². The van der Waals surface area contributed by atoms with Crippen molar-refractivity contribution >= 4 is 58.3 Å². The summed E-state index contributed by atoms with van der Waals surface area (Å²) in [7, 11) is 0. The van der Waals surface area contributed by atoms with E-state index in [1.165, 1.54) is 12.8 Å². The van der Waals surface area contributed by atoms with Gasteiger partial charge in [0, 0.05) is 13.1 Å². The molecule has 102 valence electrons. The average molecular weight is 352 g/mol. The van der Waals surface area contributed by atoms with E-state index in [4.69, 9.17) is 0 Å². The van der Waals surface area contributed by atoms with Crippen LogP contribution in [-0.4, -0.2) is 21.7 Å². The van der Waals surface area contributed by atoms with Gasteiger partial charge in [-0.2, -0.15) is 0 Å². The Hall–Kier alpha value is 0.739. The van der Waals surface area contributed by atoms with Crippen LogP contribution in [0, 0.1) is 0 Å². The molecule has 7 heteroatoms. The fourth-order valence-electron chi connectivity index (χ4n) is 0.734. The molecule has 0 bridgehead atoms. The molecule has 2 N–H and O–H groups in total. The third kappa shape index (κ3) is 31.5. The number of nitrogens with one attached hydrogen (secondary N) is 2. The zero-order valence-corrected chi connectivity index (χ0v) is 14.6. The van der Waals surface area contributed by atoms with Gasteiger partial charge >= 0.3 is 17.1 Å². The molecule has 0 saturated heterocycles. The Morgan fingerprint density at radius 3 is 1.35 bits per heavy atom. The van der Waals surface area contributed by atoms with Crippen LogP contribution in [0.3, 0.4) is 0 Å². The summed E-state index contributed by atoms with van der Waals surface area (Å²) < 4.78 is 0.969. The molecule has 2 nitrogen and oxygen atoms in total. The Morgan fingerprint density at radius 2 is 1.18 bits per heavy atom.